The number of hydrogen-bond acceptors (Lipinski definition) is 9. The summed E-state index contributed by atoms with van der Waals surface area (Å²) in [6.45, 7) is 1.53. The number of carbonyl (C=O) groups excluding carboxylic acids is 1. The van der Waals surface area contributed by atoms with E-state index in [1.165, 1.54) is 30.0 Å². The predicted molar refractivity (Wildman–Crippen MR) is 94.4 cm³/mol. The maximum Gasteiger partial charge on any atom is 0.210 e. The first-order chi connectivity index (χ1) is 11.5. The minimum atomic E-state index is -0.319. The minimum absolute atomic E-state index is 0.0123. The van der Waals surface area contributed by atoms with Crippen molar-refractivity contribution in [1.29, 1.82) is 5.26 Å². The second-order valence-corrected chi connectivity index (χ2v) is 6.81. The van der Waals surface area contributed by atoms with E-state index >= 15 is 0 Å². The number of ketones is 1. The Balaban J connectivity index is 1.97. The van der Waals surface area contributed by atoms with E-state index in [1.54, 1.807) is 7.11 Å². The molecule has 0 aliphatic heterocycles. The maximum absolute atomic E-state index is 11.9. The molecule has 0 radical (unpaired) electrons. The van der Waals surface area contributed by atoms with Gasteiger partial charge < -0.3 is 15.8 Å². The fourth-order valence-corrected chi connectivity index (χ4v) is 3.36. The molecule has 1 aromatic carbocycles. The smallest absolute Gasteiger partial charge is 0.210 e. The Morgan fingerprint density at radius 2 is 2.29 bits per heavy atom. The van der Waals surface area contributed by atoms with Crippen LogP contribution >= 0.6 is 23.1 Å². The Labute approximate surface area is 147 Å². The zero-order valence-electron chi connectivity index (χ0n) is 13.1. The number of thioether (sulfide) groups is 1. The highest BCUT2D eigenvalue weighted by atomic mass is 32.2. The maximum atomic E-state index is 11.9. The molecule has 124 valence electrons. The van der Waals surface area contributed by atoms with Crippen LogP contribution in [0.25, 0.3) is 0 Å². The summed E-state index contributed by atoms with van der Waals surface area (Å²) in [5.41, 5.74) is 6.55. The largest absolute Gasteiger partial charge is 0.497 e. The van der Waals surface area contributed by atoms with Crippen molar-refractivity contribution < 1.29 is 9.53 Å². The van der Waals surface area contributed by atoms with Gasteiger partial charge in [-0.1, -0.05) is 29.2 Å². The topological polar surface area (TPSA) is 114 Å². The lowest BCUT2D eigenvalue weighted by atomic mass is 10.2. The lowest BCUT2D eigenvalue weighted by molar-refractivity contribution is -0.112. The van der Waals surface area contributed by atoms with E-state index in [2.05, 4.69) is 15.5 Å². The molecule has 2 rings (SSSR count). The monoisotopic (exact) mass is 361 g/mol. The zero-order valence-corrected chi connectivity index (χ0v) is 14.7. The number of anilines is 2. The quantitative estimate of drug-likeness (QED) is 0.439. The normalized spacial score (nSPS) is 11.4. The van der Waals surface area contributed by atoms with E-state index in [-0.39, 0.29) is 22.8 Å². The van der Waals surface area contributed by atoms with Crippen LogP contribution in [0.3, 0.4) is 0 Å². The molecule has 0 spiro atoms. The molecule has 9 heteroatoms. The molecule has 2 aromatic rings. The second kappa shape index (κ2) is 8.33. The Morgan fingerprint density at radius 1 is 1.50 bits per heavy atom. The Kier molecular flexibility index (Phi) is 6.17. The van der Waals surface area contributed by atoms with Gasteiger partial charge in [0.05, 0.1) is 12.9 Å². The van der Waals surface area contributed by atoms with Gasteiger partial charge in [0.2, 0.25) is 5.13 Å². The van der Waals surface area contributed by atoms with Crippen LogP contribution in [0, 0.1) is 11.3 Å². The molecule has 1 heterocycles. The van der Waals surface area contributed by atoms with Crippen molar-refractivity contribution in [1.82, 2.24) is 10.2 Å². The van der Waals surface area contributed by atoms with Crippen molar-refractivity contribution >= 4 is 39.7 Å². The molecular formula is C15H15N5O2S2. The van der Waals surface area contributed by atoms with Gasteiger partial charge in [-0.25, -0.2) is 0 Å². The Bertz CT molecular complexity index is 806. The predicted octanol–water partition coefficient (Wildman–Crippen LogP) is 2.71. The van der Waals surface area contributed by atoms with Crippen LogP contribution in [0.1, 0.15) is 6.92 Å². The summed E-state index contributed by atoms with van der Waals surface area (Å²) in [5.74, 6) is 0.503. The lowest BCUT2D eigenvalue weighted by Gasteiger charge is -2.04. The van der Waals surface area contributed by atoms with Crippen molar-refractivity contribution in [2.24, 2.45) is 5.73 Å². The summed E-state index contributed by atoms with van der Waals surface area (Å²) in [7, 11) is 1.60. The molecule has 1 aromatic heterocycles. The molecule has 0 unspecified atom stereocenters. The van der Waals surface area contributed by atoms with Crippen molar-refractivity contribution in [3.63, 3.8) is 0 Å². The SMILES string of the molecule is COc1cccc(Nc2nnc(SCC(=O)/C(C#N)=C(\C)N)s2)c1. The van der Waals surface area contributed by atoms with Crippen LogP contribution in [-0.4, -0.2) is 28.8 Å². The van der Waals surface area contributed by atoms with Gasteiger partial charge in [0.25, 0.3) is 0 Å². The third-order valence-corrected chi connectivity index (χ3v) is 4.81. The number of nitriles is 1. The Hall–Kier alpha value is -2.57. The number of allylic oxidation sites excluding steroid dienone is 2. The first kappa shape index (κ1) is 17.8. The van der Waals surface area contributed by atoms with Crippen LogP contribution < -0.4 is 15.8 Å². The molecule has 0 amide bonds. The number of nitrogens with zero attached hydrogens (tertiary/aromatic N) is 3. The first-order valence-corrected chi connectivity index (χ1v) is 8.60. The van der Waals surface area contributed by atoms with Gasteiger partial charge in [-0.2, -0.15) is 5.26 Å². The summed E-state index contributed by atoms with van der Waals surface area (Å²) >= 11 is 2.54. The number of nitrogens with one attached hydrogen (secondary N) is 1. The number of benzene rings is 1. The fourth-order valence-electron chi connectivity index (χ4n) is 1.71. The zero-order chi connectivity index (χ0) is 17.5. The number of Topliss-reactive ketones (excluding diaryl/α,β-unsaturated/α-hetero) is 1. The number of rotatable bonds is 7. The number of hydrogen-bond donors (Lipinski definition) is 2. The molecule has 0 aliphatic rings. The highest BCUT2D eigenvalue weighted by Crippen LogP contribution is 2.29. The Morgan fingerprint density at radius 3 is 2.96 bits per heavy atom. The van der Waals surface area contributed by atoms with Gasteiger partial charge in [0.1, 0.15) is 17.4 Å². The van der Waals surface area contributed by atoms with Crippen LogP contribution in [0.15, 0.2) is 39.9 Å². The average molecular weight is 361 g/mol. The van der Waals surface area contributed by atoms with E-state index in [4.69, 9.17) is 15.7 Å². The third-order valence-electron chi connectivity index (χ3n) is 2.84. The van der Waals surface area contributed by atoms with Gasteiger partial charge in [0, 0.05) is 17.5 Å². The van der Waals surface area contributed by atoms with Gasteiger partial charge >= 0.3 is 0 Å². The molecule has 0 bridgehead atoms. The summed E-state index contributed by atoms with van der Waals surface area (Å²) < 4.78 is 5.79. The number of nitrogens with two attached hydrogens (primary N) is 1. The van der Waals surface area contributed by atoms with Gasteiger partial charge in [0.15, 0.2) is 10.1 Å². The first-order valence-electron chi connectivity index (χ1n) is 6.80. The molecule has 24 heavy (non-hydrogen) atoms. The molecule has 0 fully saturated rings. The van der Waals surface area contributed by atoms with Crippen molar-refractivity contribution in [2.45, 2.75) is 11.3 Å². The average Bonchev–Trinajstić information content (AvgIpc) is 3.01. The minimum Gasteiger partial charge on any atom is -0.497 e. The summed E-state index contributed by atoms with van der Waals surface area (Å²) in [6, 6.07) is 9.25. The standard InChI is InChI=1S/C15H15N5O2S2/c1-9(17)12(7-16)13(21)8-23-15-20-19-14(24-15)18-10-4-3-5-11(6-10)22-2/h3-6H,8,17H2,1-2H3,(H,18,19)/b12-9+. The van der Waals surface area contributed by atoms with Crippen LogP contribution in [0.4, 0.5) is 10.8 Å². The van der Waals surface area contributed by atoms with Gasteiger partial charge in [-0.05, 0) is 19.1 Å². The van der Waals surface area contributed by atoms with Crippen molar-refractivity contribution in [2.75, 3.05) is 18.2 Å². The third kappa shape index (κ3) is 4.71. The van der Waals surface area contributed by atoms with Crippen LogP contribution in [-0.2, 0) is 4.79 Å². The second-order valence-electron chi connectivity index (χ2n) is 4.61. The van der Waals surface area contributed by atoms with E-state index in [0.29, 0.717) is 9.47 Å². The molecule has 0 atom stereocenters. The molecule has 3 N–H and O–H groups in total. The van der Waals surface area contributed by atoms with Crippen molar-refractivity contribution in [3.05, 3.63) is 35.5 Å². The highest BCUT2D eigenvalue weighted by molar-refractivity contribution is 8.01. The van der Waals surface area contributed by atoms with E-state index < -0.39 is 0 Å². The lowest BCUT2D eigenvalue weighted by Crippen LogP contribution is -2.10. The summed E-state index contributed by atoms with van der Waals surface area (Å²) in [5, 5.41) is 20.7. The number of aromatic nitrogens is 2. The number of ether oxygens (including phenoxy) is 1. The van der Waals surface area contributed by atoms with Gasteiger partial charge in [-0.3, -0.25) is 4.79 Å². The molecule has 7 nitrogen and oxygen atoms in total. The fraction of sp³-hybridized carbons (Fsp3) is 0.200. The highest BCUT2D eigenvalue weighted by Gasteiger charge is 2.14. The number of carbonyl (C=O) groups is 1. The molecule has 0 aliphatic carbocycles. The van der Waals surface area contributed by atoms with E-state index in [1.807, 2.05) is 30.3 Å². The summed E-state index contributed by atoms with van der Waals surface area (Å²) in [4.78, 5) is 11.9. The molecule has 0 saturated heterocycles. The van der Waals surface area contributed by atoms with Crippen LogP contribution in [0.2, 0.25) is 0 Å². The molecular weight excluding hydrogens is 346 g/mol. The number of methoxy groups -OCH3 is 1. The van der Waals surface area contributed by atoms with Crippen LogP contribution in [0.5, 0.6) is 5.75 Å². The van der Waals surface area contributed by atoms with Crippen molar-refractivity contribution in [3.8, 4) is 11.8 Å². The van der Waals surface area contributed by atoms with Gasteiger partial charge in [-0.15, -0.1) is 10.2 Å². The molecule has 0 saturated carbocycles. The van der Waals surface area contributed by atoms with E-state index in [0.717, 1.165) is 11.4 Å². The van der Waals surface area contributed by atoms with E-state index in [9.17, 15) is 4.79 Å². The summed E-state index contributed by atoms with van der Waals surface area (Å²) in [6.07, 6.45) is 0.